The molecular formula is C12H10N2O4. The number of ether oxygens (including phenoxy) is 1. The van der Waals surface area contributed by atoms with Crippen LogP contribution >= 0.6 is 0 Å². The Balaban J connectivity index is 3.48. The van der Waals surface area contributed by atoms with Crippen molar-refractivity contribution in [3.63, 3.8) is 0 Å². The number of nitrogens with zero attached hydrogens (tertiary/aromatic N) is 2. The van der Waals surface area contributed by atoms with Crippen LogP contribution < -0.4 is 0 Å². The molecule has 0 N–H and O–H groups in total. The summed E-state index contributed by atoms with van der Waals surface area (Å²) in [6, 6.07) is 4.25. The molecule has 0 aliphatic rings. The Kier molecular flexibility index (Phi) is 4.16. The van der Waals surface area contributed by atoms with Crippen LogP contribution in [0.3, 0.4) is 0 Å². The second kappa shape index (κ2) is 5.59. The molecule has 0 atom stereocenters. The van der Waals surface area contributed by atoms with Crippen LogP contribution in [0.2, 0.25) is 0 Å². The molecule has 0 fully saturated rings. The predicted molar refractivity (Wildman–Crippen MR) is 63.8 cm³/mol. The van der Waals surface area contributed by atoms with Gasteiger partial charge in [0.1, 0.15) is 0 Å². The third-order valence-corrected chi connectivity index (χ3v) is 2.39. The van der Waals surface area contributed by atoms with Crippen molar-refractivity contribution in [2.24, 2.45) is 0 Å². The fourth-order valence-corrected chi connectivity index (χ4v) is 1.45. The van der Waals surface area contributed by atoms with Gasteiger partial charge in [0.15, 0.2) is 0 Å². The number of allylic oxidation sites excluding steroid dienone is 1. The lowest BCUT2D eigenvalue weighted by molar-refractivity contribution is -0.384. The molecule has 0 aliphatic heterocycles. The van der Waals surface area contributed by atoms with Gasteiger partial charge in [-0.05, 0) is 24.1 Å². The Labute approximate surface area is 103 Å². The highest BCUT2D eigenvalue weighted by Gasteiger charge is 2.18. The van der Waals surface area contributed by atoms with E-state index in [9.17, 15) is 14.9 Å². The van der Waals surface area contributed by atoms with Crippen LogP contribution in [0, 0.1) is 28.4 Å². The van der Waals surface area contributed by atoms with E-state index in [2.05, 4.69) is 4.74 Å². The number of benzene rings is 1. The third kappa shape index (κ3) is 2.71. The molecule has 0 bridgehead atoms. The molecule has 0 saturated carbocycles. The monoisotopic (exact) mass is 246 g/mol. The summed E-state index contributed by atoms with van der Waals surface area (Å²) in [7, 11) is 1.20. The molecule has 0 heterocycles. The molecular weight excluding hydrogens is 236 g/mol. The van der Waals surface area contributed by atoms with E-state index in [0.717, 1.165) is 6.07 Å². The van der Waals surface area contributed by atoms with E-state index < -0.39 is 10.9 Å². The fourth-order valence-electron chi connectivity index (χ4n) is 1.45. The summed E-state index contributed by atoms with van der Waals surface area (Å²) in [5, 5.41) is 19.2. The molecule has 92 valence electrons. The largest absolute Gasteiger partial charge is 0.465 e. The zero-order valence-electron chi connectivity index (χ0n) is 9.84. The molecule has 6 nitrogen and oxygen atoms in total. The van der Waals surface area contributed by atoms with Gasteiger partial charge in [-0.3, -0.25) is 10.1 Å². The second-order valence-electron chi connectivity index (χ2n) is 3.42. The van der Waals surface area contributed by atoms with E-state index in [1.165, 1.54) is 25.3 Å². The molecule has 0 amide bonds. The first-order valence-corrected chi connectivity index (χ1v) is 4.94. The van der Waals surface area contributed by atoms with Gasteiger partial charge in [-0.1, -0.05) is 0 Å². The topological polar surface area (TPSA) is 93.2 Å². The van der Waals surface area contributed by atoms with Crippen molar-refractivity contribution in [1.29, 1.82) is 5.26 Å². The molecule has 1 aromatic rings. The smallest absolute Gasteiger partial charge is 0.338 e. The number of esters is 1. The minimum absolute atomic E-state index is 0.115. The summed E-state index contributed by atoms with van der Waals surface area (Å²) in [5.74, 6) is -0.650. The van der Waals surface area contributed by atoms with E-state index in [4.69, 9.17) is 5.26 Å². The van der Waals surface area contributed by atoms with Crippen molar-refractivity contribution in [3.05, 3.63) is 45.0 Å². The van der Waals surface area contributed by atoms with Crippen molar-refractivity contribution in [3.8, 4) is 6.07 Å². The number of nitro benzene ring substituents is 1. The van der Waals surface area contributed by atoms with Crippen LogP contribution in [-0.2, 0) is 4.74 Å². The maximum atomic E-state index is 11.5. The Hall–Kier alpha value is -2.68. The Morgan fingerprint density at radius 2 is 2.22 bits per heavy atom. The summed E-state index contributed by atoms with van der Waals surface area (Å²) >= 11 is 0. The highest BCUT2D eigenvalue weighted by atomic mass is 16.6. The first-order valence-electron chi connectivity index (χ1n) is 4.94. The number of carbonyl (C=O) groups is 1. The number of hydrogen-bond donors (Lipinski definition) is 0. The summed E-state index contributed by atoms with van der Waals surface area (Å²) in [4.78, 5) is 21.7. The number of hydrogen-bond acceptors (Lipinski definition) is 5. The molecule has 1 rings (SSSR count). The summed E-state index contributed by atoms with van der Waals surface area (Å²) in [5.41, 5.74) is 0.855. The normalized spacial score (nSPS) is 10.1. The molecule has 0 unspecified atom stereocenters. The Bertz CT molecular complexity index is 570. The van der Waals surface area contributed by atoms with Gasteiger partial charge in [-0.25, -0.2) is 4.79 Å². The molecule has 0 aliphatic carbocycles. The van der Waals surface area contributed by atoms with Crippen LogP contribution in [0.15, 0.2) is 18.2 Å². The van der Waals surface area contributed by atoms with E-state index in [1.807, 2.05) is 0 Å². The van der Waals surface area contributed by atoms with Crippen molar-refractivity contribution in [2.45, 2.75) is 6.92 Å². The molecule has 0 radical (unpaired) electrons. The first-order chi connectivity index (χ1) is 8.51. The second-order valence-corrected chi connectivity index (χ2v) is 3.42. The predicted octanol–water partition coefficient (Wildman–Crippen LogP) is 2.23. The number of carbonyl (C=O) groups excluding carboxylic acids is 1. The van der Waals surface area contributed by atoms with Crippen molar-refractivity contribution < 1.29 is 14.5 Å². The maximum absolute atomic E-state index is 11.5. The minimum Gasteiger partial charge on any atom is -0.465 e. The van der Waals surface area contributed by atoms with Gasteiger partial charge in [-0.2, -0.15) is 5.26 Å². The average Bonchev–Trinajstić information content (AvgIpc) is 2.36. The minimum atomic E-state index is -0.650. The average molecular weight is 246 g/mol. The van der Waals surface area contributed by atoms with E-state index in [-0.39, 0.29) is 11.3 Å². The van der Waals surface area contributed by atoms with Crippen LogP contribution in [-0.4, -0.2) is 18.0 Å². The van der Waals surface area contributed by atoms with Crippen molar-refractivity contribution in [1.82, 2.24) is 0 Å². The van der Waals surface area contributed by atoms with Crippen LogP contribution in [0.5, 0.6) is 0 Å². The van der Waals surface area contributed by atoms with E-state index in [0.29, 0.717) is 11.1 Å². The number of non-ortho nitro benzene ring substituents is 1. The van der Waals surface area contributed by atoms with Gasteiger partial charge >= 0.3 is 5.97 Å². The van der Waals surface area contributed by atoms with Crippen LogP contribution in [0.25, 0.3) is 6.08 Å². The van der Waals surface area contributed by atoms with Gasteiger partial charge in [-0.15, -0.1) is 0 Å². The molecule has 6 heteroatoms. The van der Waals surface area contributed by atoms with Crippen LogP contribution in [0.4, 0.5) is 5.69 Å². The summed E-state index contributed by atoms with van der Waals surface area (Å²) in [6.45, 7) is 1.63. The maximum Gasteiger partial charge on any atom is 0.338 e. The standard InChI is InChI=1S/C12H10N2O4/c1-8-9(4-3-5-13)6-10(14(16)17)7-11(8)12(15)18-2/h3-4,6-7H,1-2H3. The lowest BCUT2D eigenvalue weighted by Crippen LogP contribution is -2.06. The lowest BCUT2D eigenvalue weighted by atomic mass is 10.0. The van der Waals surface area contributed by atoms with Crippen LogP contribution in [0.1, 0.15) is 21.5 Å². The quantitative estimate of drug-likeness (QED) is 0.353. The fraction of sp³-hybridized carbons (Fsp3) is 0.167. The lowest BCUT2D eigenvalue weighted by Gasteiger charge is -2.07. The summed E-state index contributed by atoms with van der Waals surface area (Å²) < 4.78 is 4.56. The number of nitro groups is 1. The number of nitriles is 1. The number of rotatable bonds is 3. The molecule has 1 aromatic carbocycles. The van der Waals surface area contributed by atoms with Gasteiger partial charge in [0.05, 0.1) is 23.7 Å². The Morgan fingerprint density at radius 3 is 2.72 bits per heavy atom. The van der Waals surface area contributed by atoms with E-state index in [1.54, 1.807) is 13.0 Å². The molecule has 0 saturated heterocycles. The molecule has 18 heavy (non-hydrogen) atoms. The summed E-state index contributed by atoms with van der Waals surface area (Å²) in [6.07, 6.45) is 2.60. The number of methoxy groups -OCH3 is 1. The highest BCUT2D eigenvalue weighted by Crippen LogP contribution is 2.24. The Morgan fingerprint density at radius 1 is 1.56 bits per heavy atom. The van der Waals surface area contributed by atoms with E-state index >= 15 is 0 Å². The molecule has 0 spiro atoms. The zero-order valence-corrected chi connectivity index (χ0v) is 9.84. The van der Waals surface area contributed by atoms with Crippen molar-refractivity contribution in [2.75, 3.05) is 7.11 Å². The van der Waals surface area contributed by atoms with Gasteiger partial charge in [0, 0.05) is 18.2 Å². The van der Waals surface area contributed by atoms with Gasteiger partial charge < -0.3 is 4.74 Å². The first kappa shape index (κ1) is 13.4. The van der Waals surface area contributed by atoms with Gasteiger partial charge in [0.25, 0.3) is 5.69 Å². The van der Waals surface area contributed by atoms with Crippen molar-refractivity contribution >= 4 is 17.7 Å². The zero-order chi connectivity index (χ0) is 13.7. The molecule has 0 aromatic heterocycles. The van der Waals surface area contributed by atoms with Gasteiger partial charge in [0.2, 0.25) is 0 Å². The SMILES string of the molecule is COC(=O)c1cc([N+](=O)[O-])cc(C=CC#N)c1C. The highest BCUT2D eigenvalue weighted by molar-refractivity contribution is 5.93. The third-order valence-electron chi connectivity index (χ3n) is 2.39.